The molecule has 2 aromatic rings. The Balaban J connectivity index is 1.54. The van der Waals surface area contributed by atoms with Crippen molar-refractivity contribution in [2.75, 3.05) is 26.2 Å². The second-order valence-electron chi connectivity index (χ2n) is 5.73. The Morgan fingerprint density at radius 2 is 1.88 bits per heavy atom. The van der Waals surface area contributed by atoms with Gasteiger partial charge in [0.25, 0.3) is 0 Å². The number of halogens is 3. The summed E-state index contributed by atoms with van der Waals surface area (Å²) in [7, 11) is 0. The van der Waals surface area contributed by atoms with E-state index in [0.717, 1.165) is 47.8 Å². The first kappa shape index (κ1) is 17.4. The minimum atomic E-state index is -0.265. The molecule has 1 aliphatic heterocycles. The Morgan fingerprint density at radius 3 is 2.62 bits per heavy atom. The van der Waals surface area contributed by atoms with E-state index in [-0.39, 0.29) is 5.82 Å². The summed E-state index contributed by atoms with van der Waals surface area (Å²) >= 11 is 9.57. The lowest BCUT2D eigenvalue weighted by Crippen LogP contribution is -2.43. The first-order valence-corrected chi connectivity index (χ1v) is 8.98. The molecule has 3 rings (SSSR count). The zero-order valence-corrected chi connectivity index (χ0v) is 15.5. The van der Waals surface area contributed by atoms with Crippen LogP contribution in [0.3, 0.4) is 0 Å². The van der Waals surface area contributed by atoms with Crippen LogP contribution in [0.4, 0.5) is 4.39 Å². The van der Waals surface area contributed by atoms with Crippen molar-refractivity contribution in [3.8, 4) is 0 Å². The second kappa shape index (κ2) is 8.10. The van der Waals surface area contributed by atoms with E-state index in [1.54, 1.807) is 18.3 Å². The lowest BCUT2D eigenvalue weighted by molar-refractivity contribution is 0.131. The number of piperazine rings is 1. The third kappa shape index (κ3) is 4.56. The minimum absolute atomic E-state index is 0.265. The van der Waals surface area contributed by atoms with E-state index in [1.165, 1.54) is 6.07 Å². The second-order valence-corrected chi connectivity index (χ2v) is 7.05. The van der Waals surface area contributed by atoms with E-state index in [0.29, 0.717) is 5.56 Å². The Hall–Kier alpha value is -1.43. The van der Waals surface area contributed by atoms with Crippen molar-refractivity contribution in [3.05, 3.63) is 68.9 Å². The van der Waals surface area contributed by atoms with Gasteiger partial charge in [0.2, 0.25) is 0 Å². The van der Waals surface area contributed by atoms with Gasteiger partial charge in [-0.15, -0.1) is 0 Å². The molecule has 0 aliphatic carbocycles. The molecule has 0 spiro atoms. The molecule has 0 atom stereocenters. The van der Waals surface area contributed by atoms with Crippen LogP contribution in [0.25, 0.3) is 0 Å². The van der Waals surface area contributed by atoms with Gasteiger partial charge in [-0.05, 0) is 29.8 Å². The van der Waals surface area contributed by atoms with Crippen LogP contribution < -0.4 is 0 Å². The monoisotopic (exact) mass is 409 g/mol. The fourth-order valence-corrected chi connectivity index (χ4v) is 3.21. The van der Waals surface area contributed by atoms with Gasteiger partial charge in [0, 0.05) is 47.8 Å². The number of hydrazone groups is 1. The average molecular weight is 411 g/mol. The van der Waals surface area contributed by atoms with E-state index >= 15 is 0 Å². The van der Waals surface area contributed by atoms with Crippen molar-refractivity contribution in [2.45, 2.75) is 6.54 Å². The molecule has 0 aromatic heterocycles. The Morgan fingerprint density at radius 1 is 1.12 bits per heavy atom. The van der Waals surface area contributed by atoms with E-state index < -0.39 is 0 Å². The lowest BCUT2D eigenvalue weighted by Gasteiger charge is -2.33. The van der Waals surface area contributed by atoms with Crippen LogP contribution in [0.5, 0.6) is 0 Å². The van der Waals surface area contributed by atoms with Crippen LogP contribution in [0, 0.1) is 5.82 Å². The number of rotatable bonds is 4. The van der Waals surface area contributed by atoms with E-state index in [9.17, 15) is 4.39 Å². The van der Waals surface area contributed by atoms with E-state index in [4.69, 9.17) is 11.6 Å². The van der Waals surface area contributed by atoms with Crippen LogP contribution in [0.1, 0.15) is 11.1 Å². The van der Waals surface area contributed by atoms with Gasteiger partial charge >= 0.3 is 0 Å². The van der Waals surface area contributed by atoms with Crippen molar-refractivity contribution in [2.24, 2.45) is 5.10 Å². The smallest absolute Gasteiger partial charge is 0.132 e. The summed E-state index contributed by atoms with van der Waals surface area (Å²) in [6, 6.07) is 12.8. The van der Waals surface area contributed by atoms with Crippen LogP contribution in [0.2, 0.25) is 5.02 Å². The third-order valence-electron chi connectivity index (χ3n) is 4.02. The first-order valence-electron chi connectivity index (χ1n) is 7.81. The summed E-state index contributed by atoms with van der Waals surface area (Å²) in [5.41, 5.74) is 1.63. The van der Waals surface area contributed by atoms with Gasteiger partial charge in [-0.1, -0.05) is 45.7 Å². The summed E-state index contributed by atoms with van der Waals surface area (Å²) in [6.45, 7) is 4.29. The fraction of sp³-hybridized carbons (Fsp3) is 0.278. The van der Waals surface area contributed by atoms with Gasteiger partial charge in [-0.25, -0.2) is 4.39 Å². The van der Waals surface area contributed by atoms with E-state index in [1.807, 2.05) is 23.2 Å². The maximum absolute atomic E-state index is 13.7. The van der Waals surface area contributed by atoms with Crippen LogP contribution in [-0.4, -0.2) is 42.3 Å². The summed E-state index contributed by atoms with van der Waals surface area (Å²) in [5.74, 6) is -0.265. The van der Waals surface area contributed by atoms with Crippen molar-refractivity contribution in [1.82, 2.24) is 9.91 Å². The van der Waals surface area contributed by atoms with Crippen molar-refractivity contribution in [1.29, 1.82) is 0 Å². The molecule has 1 aliphatic rings. The van der Waals surface area contributed by atoms with Crippen molar-refractivity contribution < 1.29 is 4.39 Å². The SMILES string of the molecule is Fc1ccc(Br)cc1/C=N\N1CCN(Cc2ccccc2Cl)CC1. The maximum atomic E-state index is 13.7. The molecule has 0 bridgehead atoms. The van der Waals surface area contributed by atoms with Gasteiger partial charge in [0.05, 0.1) is 6.21 Å². The zero-order valence-electron chi connectivity index (χ0n) is 13.1. The number of nitrogens with zero attached hydrogens (tertiary/aromatic N) is 3. The van der Waals surface area contributed by atoms with Gasteiger partial charge in [0.15, 0.2) is 0 Å². The minimum Gasteiger partial charge on any atom is -0.295 e. The molecule has 126 valence electrons. The predicted octanol–water partition coefficient (Wildman–Crippen LogP) is 4.39. The Bertz CT molecular complexity index is 730. The quantitative estimate of drug-likeness (QED) is 0.696. The molecule has 0 N–H and O–H groups in total. The molecule has 1 heterocycles. The standard InChI is InChI=1S/C18H18BrClFN3/c19-16-5-6-18(21)15(11-16)12-22-24-9-7-23(8-10-24)13-14-3-1-2-4-17(14)20/h1-6,11-12H,7-10,13H2/b22-12-. The zero-order chi connectivity index (χ0) is 16.9. The molecule has 2 aromatic carbocycles. The van der Waals surface area contributed by atoms with Crippen LogP contribution in [0.15, 0.2) is 52.0 Å². The molecule has 3 nitrogen and oxygen atoms in total. The highest BCUT2D eigenvalue weighted by Gasteiger charge is 2.16. The number of benzene rings is 2. The predicted molar refractivity (Wildman–Crippen MR) is 100.0 cm³/mol. The fourth-order valence-electron chi connectivity index (χ4n) is 2.64. The largest absolute Gasteiger partial charge is 0.295 e. The molecular weight excluding hydrogens is 393 g/mol. The Kier molecular flexibility index (Phi) is 5.87. The molecule has 24 heavy (non-hydrogen) atoms. The molecule has 0 saturated carbocycles. The van der Waals surface area contributed by atoms with Crippen LogP contribution >= 0.6 is 27.5 Å². The molecule has 0 unspecified atom stereocenters. The number of hydrogen-bond acceptors (Lipinski definition) is 3. The van der Waals surface area contributed by atoms with Crippen molar-refractivity contribution in [3.63, 3.8) is 0 Å². The average Bonchev–Trinajstić information content (AvgIpc) is 2.59. The highest BCUT2D eigenvalue weighted by Crippen LogP contribution is 2.18. The summed E-state index contributed by atoms with van der Waals surface area (Å²) < 4.78 is 14.6. The summed E-state index contributed by atoms with van der Waals surface area (Å²) in [4.78, 5) is 2.35. The third-order valence-corrected chi connectivity index (χ3v) is 4.88. The molecule has 1 saturated heterocycles. The Labute approximate surface area is 154 Å². The molecule has 0 amide bonds. The van der Waals surface area contributed by atoms with E-state index in [2.05, 4.69) is 32.0 Å². The number of hydrogen-bond donors (Lipinski definition) is 0. The molecular formula is C18H18BrClFN3. The summed E-state index contributed by atoms with van der Waals surface area (Å²) in [6.07, 6.45) is 1.59. The molecule has 6 heteroatoms. The lowest BCUT2D eigenvalue weighted by atomic mass is 10.2. The van der Waals surface area contributed by atoms with Gasteiger partial charge < -0.3 is 0 Å². The van der Waals surface area contributed by atoms with Gasteiger partial charge in [-0.2, -0.15) is 5.10 Å². The van der Waals surface area contributed by atoms with Gasteiger partial charge in [-0.3, -0.25) is 9.91 Å². The normalized spacial score (nSPS) is 16.0. The van der Waals surface area contributed by atoms with Crippen molar-refractivity contribution >= 4 is 33.7 Å². The highest BCUT2D eigenvalue weighted by molar-refractivity contribution is 9.10. The molecule has 1 fully saturated rings. The van der Waals surface area contributed by atoms with Gasteiger partial charge in [0.1, 0.15) is 5.82 Å². The van der Waals surface area contributed by atoms with Crippen LogP contribution in [-0.2, 0) is 6.54 Å². The highest BCUT2D eigenvalue weighted by atomic mass is 79.9. The first-order chi connectivity index (χ1) is 11.6. The molecule has 0 radical (unpaired) electrons. The summed E-state index contributed by atoms with van der Waals surface area (Å²) in [5, 5.41) is 7.19. The maximum Gasteiger partial charge on any atom is 0.132 e. The topological polar surface area (TPSA) is 18.8 Å².